The molecule has 1 aliphatic rings. The lowest BCUT2D eigenvalue weighted by Gasteiger charge is -2.25. The maximum atomic E-state index is 11.7. The second-order valence-electron chi connectivity index (χ2n) is 20.2. The molecule has 0 fully saturated rings. The van der Waals surface area contributed by atoms with Crippen molar-refractivity contribution in [3.8, 4) is 32.0 Å². The number of ether oxygens (including phenoxy) is 2. The zero-order chi connectivity index (χ0) is 54.3. The topological polar surface area (TPSA) is 59.1 Å². The summed E-state index contributed by atoms with van der Waals surface area (Å²) in [6.07, 6.45) is 10.8. The fourth-order valence-corrected chi connectivity index (χ4v) is 12.2. The third-order valence-corrected chi connectivity index (χ3v) is 17.0. The van der Waals surface area contributed by atoms with Gasteiger partial charge in [-0.25, -0.2) is 0 Å². The zero-order valence-corrected chi connectivity index (χ0v) is 46.4. The summed E-state index contributed by atoms with van der Waals surface area (Å²) in [6.45, 7) is 4.73. The molecule has 0 aliphatic heterocycles. The number of thiophene rings is 2. The van der Waals surface area contributed by atoms with Crippen LogP contribution < -0.4 is 9.80 Å². The zero-order valence-electron chi connectivity index (χ0n) is 44.8. The Labute approximate surface area is 471 Å². The van der Waals surface area contributed by atoms with Crippen LogP contribution in [0.5, 0.6) is 0 Å². The number of aryl methyl sites for hydroxylation is 2. The third kappa shape index (κ3) is 11.7. The lowest BCUT2D eigenvalue weighted by Crippen LogP contribution is -2.15. The molecule has 6 nitrogen and oxygen atoms in total. The number of esters is 2. The van der Waals surface area contributed by atoms with E-state index >= 15 is 0 Å². The number of para-hydroxylation sites is 2. The summed E-state index contributed by atoms with van der Waals surface area (Å²) >= 11 is 3.63. The number of fused-ring (bicyclic) bond motifs is 3. The van der Waals surface area contributed by atoms with E-state index in [4.69, 9.17) is 9.47 Å². The van der Waals surface area contributed by atoms with Crippen LogP contribution in [-0.4, -0.2) is 26.2 Å². The third-order valence-electron chi connectivity index (χ3n) is 14.8. The van der Waals surface area contributed by atoms with Gasteiger partial charge in [-0.3, -0.25) is 9.59 Å². The van der Waals surface area contributed by atoms with Crippen LogP contribution in [0.3, 0.4) is 0 Å². The van der Waals surface area contributed by atoms with Gasteiger partial charge in [0.05, 0.1) is 14.2 Å². The van der Waals surface area contributed by atoms with Gasteiger partial charge in [0.1, 0.15) is 0 Å². The Morgan fingerprint density at radius 2 is 0.772 bits per heavy atom. The Morgan fingerprint density at radius 1 is 0.418 bits per heavy atom. The molecular weight excluding hydrogens is 1010 g/mol. The van der Waals surface area contributed by atoms with Gasteiger partial charge >= 0.3 is 11.9 Å². The van der Waals surface area contributed by atoms with Crippen molar-refractivity contribution >= 4 is 93.0 Å². The monoisotopic (exact) mass is 1070 g/mol. The molecule has 0 spiro atoms. The van der Waals surface area contributed by atoms with E-state index in [1.165, 1.54) is 67.1 Å². The van der Waals surface area contributed by atoms with E-state index < -0.39 is 0 Å². The minimum absolute atomic E-state index is 0.161. The molecule has 79 heavy (non-hydrogen) atoms. The number of carbonyl (C=O) groups is 2. The van der Waals surface area contributed by atoms with Crippen molar-refractivity contribution in [3.63, 3.8) is 0 Å². The lowest BCUT2D eigenvalue weighted by atomic mass is 9.81. The fourth-order valence-electron chi connectivity index (χ4n) is 10.4. The molecule has 8 aromatic carbocycles. The Bertz CT molecular complexity index is 3550. The summed E-state index contributed by atoms with van der Waals surface area (Å²) in [6, 6.07) is 77.9. The summed E-state index contributed by atoms with van der Waals surface area (Å²) in [7, 11) is 2.86. The van der Waals surface area contributed by atoms with E-state index in [9.17, 15) is 9.59 Å². The molecule has 0 bridgehead atoms. The molecule has 0 saturated heterocycles. The van der Waals surface area contributed by atoms with E-state index in [0.717, 1.165) is 56.4 Å². The summed E-state index contributed by atoms with van der Waals surface area (Å²) in [5, 5.41) is 0. The first-order valence-corrected chi connectivity index (χ1v) is 28.3. The quantitative estimate of drug-likeness (QED) is 0.0798. The van der Waals surface area contributed by atoms with Gasteiger partial charge in [0.15, 0.2) is 0 Å². The minimum atomic E-state index is -0.201. The van der Waals surface area contributed by atoms with Crippen LogP contribution in [0.4, 0.5) is 34.1 Å². The Kier molecular flexibility index (Phi) is 15.5. The number of hydrogen-bond acceptors (Lipinski definition) is 8. The second-order valence-corrected chi connectivity index (χ2v) is 22.5. The Hall–Kier alpha value is -8.82. The van der Waals surface area contributed by atoms with E-state index in [1.54, 1.807) is 0 Å². The summed E-state index contributed by atoms with van der Waals surface area (Å²) < 4.78 is 9.68. The smallest absolute Gasteiger partial charge is 0.305 e. The molecule has 0 amide bonds. The van der Waals surface area contributed by atoms with Crippen LogP contribution in [0.15, 0.2) is 218 Å². The van der Waals surface area contributed by atoms with E-state index in [0.29, 0.717) is 25.7 Å². The first-order chi connectivity index (χ1) is 38.6. The van der Waals surface area contributed by atoms with Gasteiger partial charge in [-0.2, -0.15) is 0 Å². The highest BCUT2D eigenvalue weighted by atomic mass is 32.1. The number of nitrogens with zero attached hydrogens (tertiary/aromatic N) is 2. The number of anilines is 6. The average molecular weight is 1070 g/mol. The van der Waals surface area contributed by atoms with Crippen molar-refractivity contribution in [2.24, 2.45) is 0 Å². The van der Waals surface area contributed by atoms with Gasteiger partial charge in [0, 0.05) is 71.9 Å². The normalized spacial score (nSPS) is 12.4. The molecule has 0 atom stereocenters. The van der Waals surface area contributed by atoms with Gasteiger partial charge in [0.25, 0.3) is 0 Å². The van der Waals surface area contributed by atoms with Gasteiger partial charge < -0.3 is 19.3 Å². The molecule has 0 unspecified atom stereocenters. The fraction of sp³-hybridized carbons (Fsp3) is 0.127. The van der Waals surface area contributed by atoms with E-state index in [-0.39, 0.29) is 17.4 Å². The Balaban J connectivity index is 0.745. The molecule has 0 saturated carbocycles. The first kappa shape index (κ1) is 52.2. The van der Waals surface area contributed by atoms with E-state index in [1.807, 2.05) is 34.8 Å². The van der Waals surface area contributed by atoms with Crippen LogP contribution in [0.1, 0.15) is 69.8 Å². The standard InChI is InChI=1S/C71H60N2O4S2/c1-71(2)65-47-53(67-43-39-61(78-67)37-23-49-15-29-57(30-16-49)72(55-11-7-5-8-12-55)59-33-19-51(20-34-59)25-45-69(74)76-3)27-41-63(65)64-42-28-54(48-66(64)71)68-44-40-62(79-68)38-24-50-17-31-58(32-18-50)73(56-13-9-6-10-14-56)60-35-21-52(22-36-60)26-46-70(75)77-4/h5-24,27-44,47-48H,25-26,45-46H2,1-4H3/b37-23+,38-24+. The van der Waals surface area contributed by atoms with Crippen LogP contribution in [-0.2, 0) is 37.3 Å². The number of methoxy groups -OCH3 is 2. The van der Waals surface area contributed by atoms with Crippen LogP contribution >= 0.6 is 22.7 Å². The van der Waals surface area contributed by atoms with Gasteiger partial charge in [-0.05, 0) is 190 Å². The summed E-state index contributed by atoms with van der Waals surface area (Å²) in [5.74, 6) is -0.401. The van der Waals surface area contributed by atoms with E-state index in [2.05, 4.69) is 254 Å². The van der Waals surface area contributed by atoms with Crippen LogP contribution in [0.2, 0.25) is 0 Å². The number of carbonyl (C=O) groups excluding carboxylic acids is 2. The molecule has 2 aromatic heterocycles. The molecule has 0 radical (unpaired) electrons. The van der Waals surface area contributed by atoms with Crippen molar-refractivity contribution < 1.29 is 19.1 Å². The maximum absolute atomic E-state index is 11.7. The minimum Gasteiger partial charge on any atom is -0.469 e. The molecule has 11 rings (SSSR count). The van der Waals surface area contributed by atoms with Gasteiger partial charge in [-0.15, -0.1) is 22.7 Å². The molecule has 8 heteroatoms. The highest BCUT2D eigenvalue weighted by Gasteiger charge is 2.36. The molecule has 0 N–H and O–H groups in total. The van der Waals surface area contributed by atoms with Crippen molar-refractivity contribution in [2.45, 2.75) is 44.9 Å². The molecule has 2 heterocycles. The summed E-state index contributed by atoms with van der Waals surface area (Å²) in [4.78, 5) is 32.9. The highest BCUT2D eigenvalue weighted by Crippen LogP contribution is 2.51. The molecular formula is C71H60N2O4S2. The highest BCUT2D eigenvalue weighted by molar-refractivity contribution is 7.16. The lowest BCUT2D eigenvalue weighted by molar-refractivity contribution is -0.141. The largest absolute Gasteiger partial charge is 0.469 e. The van der Waals surface area contributed by atoms with Crippen molar-refractivity contribution in [1.29, 1.82) is 0 Å². The molecule has 10 aromatic rings. The molecule has 1 aliphatic carbocycles. The van der Waals surface area contributed by atoms with Crippen LogP contribution in [0, 0.1) is 0 Å². The first-order valence-electron chi connectivity index (χ1n) is 26.7. The number of hydrogen-bond donors (Lipinski definition) is 0. The summed E-state index contributed by atoms with van der Waals surface area (Å²) in [5.41, 5.74) is 18.5. The maximum Gasteiger partial charge on any atom is 0.305 e. The molecule has 390 valence electrons. The van der Waals surface area contributed by atoms with Crippen molar-refractivity contribution in [3.05, 3.63) is 262 Å². The predicted molar refractivity (Wildman–Crippen MR) is 331 cm³/mol. The SMILES string of the molecule is COC(=O)CCc1ccc(N(c2ccccc2)c2ccc(/C=C/c3ccc(-c4ccc5c(c4)C(C)(C)c4cc(-c6ccc(/C=C/c7ccc(N(c8ccccc8)c8ccc(CCC(=O)OC)cc8)cc7)s6)ccc4-5)s3)cc2)cc1. The predicted octanol–water partition coefficient (Wildman–Crippen LogP) is 18.9. The van der Waals surface area contributed by atoms with Gasteiger partial charge in [-0.1, -0.05) is 135 Å². The Morgan fingerprint density at radius 3 is 1.14 bits per heavy atom. The number of benzene rings is 8. The van der Waals surface area contributed by atoms with Gasteiger partial charge in [0.2, 0.25) is 0 Å². The van der Waals surface area contributed by atoms with Crippen molar-refractivity contribution in [1.82, 2.24) is 0 Å². The average Bonchev–Trinajstić information content (AvgIpc) is 4.38. The number of rotatable bonds is 18. The van der Waals surface area contributed by atoms with Crippen molar-refractivity contribution in [2.75, 3.05) is 24.0 Å². The van der Waals surface area contributed by atoms with Crippen LogP contribution in [0.25, 0.3) is 56.3 Å². The second kappa shape index (κ2) is 23.4.